The second kappa shape index (κ2) is 10.5. The topological polar surface area (TPSA) is 103 Å². The first kappa shape index (κ1) is 25.2. The second-order valence-electron chi connectivity index (χ2n) is 7.34. The Morgan fingerprint density at radius 1 is 1.16 bits per heavy atom. The predicted octanol–water partition coefficient (Wildman–Crippen LogP) is 3.97. The van der Waals surface area contributed by atoms with E-state index in [9.17, 15) is 18.9 Å². The molecule has 8 nitrogen and oxygen atoms in total. The number of esters is 1. The van der Waals surface area contributed by atoms with E-state index in [2.05, 4.69) is 9.82 Å². The molecule has 2 aromatic rings. The lowest BCUT2D eigenvalue weighted by molar-refractivity contribution is -0.202. The van der Waals surface area contributed by atoms with E-state index in [1.54, 1.807) is 38.1 Å². The maximum absolute atomic E-state index is 14.7. The molecule has 172 valence electrons. The number of carbonyl (C=O) groups excluding carboxylic acids is 1. The Labute approximate surface area is 181 Å². The van der Waals surface area contributed by atoms with Gasteiger partial charge in [-0.15, -0.1) is 0 Å². The normalized spacial score (nSPS) is 17.5. The molecule has 0 aromatic heterocycles. The fourth-order valence-electron chi connectivity index (χ4n) is 2.64. The van der Waals surface area contributed by atoms with Gasteiger partial charge in [0.1, 0.15) is 24.5 Å². The number of aliphatic hydroxyl groups is 1. The Kier molecular flexibility index (Phi) is 8.57. The predicted molar refractivity (Wildman–Crippen MR) is 114 cm³/mol. The van der Waals surface area contributed by atoms with Crippen molar-refractivity contribution in [2.45, 2.75) is 51.8 Å². The minimum Gasteiger partial charge on any atom is -0.462 e. The molecule has 0 aliphatic carbocycles. The molecule has 0 saturated heterocycles. The van der Waals surface area contributed by atoms with Gasteiger partial charge in [-0.25, -0.2) is 8.96 Å². The van der Waals surface area contributed by atoms with Gasteiger partial charge in [0.2, 0.25) is 0 Å². The maximum atomic E-state index is 14.7. The number of fused-ring (bicyclic) bond motifs is 1. The maximum Gasteiger partial charge on any atom is 0.459 e. The van der Waals surface area contributed by atoms with Crippen LogP contribution in [0.4, 0.5) is 4.39 Å². The van der Waals surface area contributed by atoms with Crippen LogP contribution in [0.2, 0.25) is 0 Å². The third-order valence-electron chi connectivity index (χ3n) is 4.42. The molecule has 31 heavy (non-hydrogen) atoms. The van der Waals surface area contributed by atoms with Crippen molar-refractivity contribution in [2.24, 2.45) is 0 Å². The first-order valence-corrected chi connectivity index (χ1v) is 11.4. The lowest BCUT2D eigenvalue weighted by Crippen LogP contribution is -2.43. The molecule has 0 aliphatic heterocycles. The summed E-state index contributed by atoms with van der Waals surface area (Å²) in [6.45, 7) is 5.01. The number of rotatable bonds is 11. The summed E-state index contributed by atoms with van der Waals surface area (Å²) in [6, 6.07) is 11.2. The number of ether oxygens (including phenoxy) is 2. The number of aliphatic hydroxyl groups excluding tert-OH is 1. The van der Waals surface area contributed by atoms with E-state index in [-0.39, 0.29) is 5.75 Å². The van der Waals surface area contributed by atoms with Gasteiger partial charge in [0, 0.05) is 12.5 Å². The summed E-state index contributed by atoms with van der Waals surface area (Å²) in [5, 5.41) is 13.6. The third kappa shape index (κ3) is 6.72. The highest BCUT2D eigenvalue weighted by molar-refractivity contribution is 7.52. The van der Waals surface area contributed by atoms with Crippen LogP contribution in [0.15, 0.2) is 42.5 Å². The first-order valence-electron chi connectivity index (χ1n) is 9.82. The van der Waals surface area contributed by atoms with Gasteiger partial charge in [0.25, 0.3) is 5.85 Å². The molecule has 4 atom stereocenters. The van der Waals surface area contributed by atoms with Crippen molar-refractivity contribution in [3.05, 3.63) is 42.5 Å². The van der Waals surface area contributed by atoms with Crippen molar-refractivity contribution in [2.75, 3.05) is 13.7 Å². The van der Waals surface area contributed by atoms with E-state index in [0.717, 1.165) is 12.5 Å². The molecule has 0 radical (unpaired) electrons. The smallest absolute Gasteiger partial charge is 0.459 e. The van der Waals surface area contributed by atoms with Crippen molar-refractivity contribution in [1.82, 2.24) is 5.09 Å². The molecule has 0 bridgehead atoms. The Balaban J connectivity index is 2.34. The van der Waals surface area contributed by atoms with Crippen LogP contribution in [-0.4, -0.2) is 48.9 Å². The zero-order valence-electron chi connectivity index (χ0n) is 18.2. The summed E-state index contributed by atoms with van der Waals surface area (Å²) in [7, 11) is -3.29. The molecule has 0 aliphatic rings. The Hall–Kier alpha value is -2.03. The van der Waals surface area contributed by atoms with Gasteiger partial charge in [-0.3, -0.25) is 9.32 Å². The Morgan fingerprint density at radius 3 is 2.42 bits per heavy atom. The minimum atomic E-state index is -4.33. The van der Waals surface area contributed by atoms with Crippen LogP contribution >= 0.6 is 7.75 Å². The minimum absolute atomic E-state index is 0.206. The highest BCUT2D eigenvalue weighted by atomic mass is 31.2. The van der Waals surface area contributed by atoms with E-state index in [4.69, 9.17) is 13.8 Å². The van der Waals surface area contributed by atoms with E-state index < -0.39 is 44.4 Å². The quantitative estimate of drug-likeness (QED) is 0.386. The molecule has 0 saturated carbocycles. The monoisotopic (exact) mass is 457 g/mol. The standard InChI is InChI=1S/C21H29FNO7P/c1-14(2)29-20(25)15(3)23-31(26,28-13-21(22,27-5)16(4)24)30-19-12-8-10-17-9-6-7-11-18(17)19/h6-12,14-16,24H,13H2,1-5H3,(H,23,26)/t15?,16-,21+,31?/m0/s1. The third-order valence-corrected chi connectivity index (χ3v) is 6.03. The van der Waals surface area contributed by atoms with Crippen LogP contribution in [-0.2, 0) is 23.4 Å². The summed E-state index contributed by atoms with van der Waals surface area (Å²) >= 11 is 0. The SMILES string of the molecule is CO[C@](F)(COP(=O)(NC(C)C(=O)OC(C)C)Oc1cccc2ccccc12)[C@H](C)O. The number of methoxy groups -OCH3 is 1. The van der Waals surface area contributed by atoms with E-state index in [1.807, 2.05) is 18.2 Å². The number of alkyl halides is 1. The van der Waals surface area contributed by atoms with Gasteiger partial charge >= 0.3 is 13.7 Å². The van der Waals surface area contributed by atoms with Crippen LogP contribution in [0, 0.1) is 0 Å². The van der Waals surface area contributed by atoms with Crippen molar-refractivity contribution in [3.8, 4) is 5.75 Å². The summed E-state index contributed by atoms with van der Waals surface area (Å²) < 4.78 is 49.0. The molecule has 0 amide bonds. The van der Waals surface area contributed by atoms with E-state index in [0.29, 0.717) is 5.39 Å². The van der Waals surface area contributed by atoms with Crippen LogP contribution in [0.1, 0.15) is 27.7 Å². The summed E-state index contributed by atoms with van der Waals surface area (Å²) in [4.78, 5) is 12.2. The first-order chi connectivity index (χ1) is 14.5. The van der Waals surface area contributed by atoms with Crippen molar-refractivity contribution < 1.29 is 37.4 Å². The fourth-order valence-corrected chi connectivity index (χ4v) is 4.17. The van der Waals surface area contributed by atoms with Crippen LogP contribution in [0.25, 0.3) is 10.8 Å². The number of benzene rings is 2. The van der Waals surface area contributed by atoms with Gasteiger partial charge in [0.05, 0.1) is 6.10 Å². The average Bonchev–Trinajstić information content (AvgIpc) is 2.71. The fraction of sp³-hybridized carbons (Fsp3) is 0.476. The molecule has 0 heterocycles. The molecule has 2 unspecified atom stereocenters. The summed E-state index contributed by atoms with van der Waals surface area (Å²) in [5.74, 6) is -3.12. The van der Waals surface area contributed by atoms with Gasteiger partial charge in [-0.1, -0.05) is 36.4 Å². The number of hydrogen-bond acceptors (Lipinski definition) is 7. The number of carbonyl (C=O) groups is 1. The van der Waals surface area contributed by atoms with E-state index >= 15 is 0 Å². The molecule has 10 heteroatoms. The highest BCUT2D eigenvalue weighted by Crippen LogP contribution is 2.47. The molecule has 2 rings (SSSR count). The number of hydrogen-bond donors (Lipinski definition) is 2. The van der Waals surface area contributed by atoms with Crippen molar-refractivity contribution in [1.29, 1.82) is 0 Å². The molecule has 0 spiro atoms. The molecular weight excluding hydrogens is 428 g/mol. The zero-order valence-corrected chi connectivity index (χ0v) is 19.1. The van der Waals surface area contributed by atoms with E-state index in [1.165, 1.54) is 13.8 Å². The summed E-state index contributed by atoms with van der Waals surface area (Å²) in [6.07, 6.45) is -1.97. The van der Waals surface area contributed by atoms with Gasteiger partial charge in [-0.2, -0.15) is 5.09 Å². The molecule has 2 aromatic carbocycles. The average molecular weight is 457 g/mol. The molecule has 2 N–H and O–H groups in total. The van der Waals surface area contributed by atoms with Gasteiger partial charge in [-0.05, 0) is 39.1 Å². The lowest BCUT2D eigenvalue weighted by atomic mass is 10.1. The van der Waals surface area contributed by atoms with Gasteiger partial charge in [0.15, 0.2) is 0 Å². The number of nitrogens with one attached hydrogen (secondary N) is 1. The largest absolute Gasteiger partial charge is 0.462 e. The van der Waals surface area contributed by atoms with Gasteiger partial charge < -0.3 is 19.1 Å². The van der Waals surface area contributed by atoms with Crippen molar-refractivity contribution >= 4 is 24.5 Å². The van der Waals surface area contributed by atoms with Crippen LogP contribution in [0.5, 0.6) is 5.75 Å². The molecular formula is C21H29FNO7P. The summed E-state index contributed by atoms with van der Waals surface area (Å²) in [5.41, 5.74) is 0. The Bertz CT molecular complexity index is 934. The van der Waals surface area contributed by atoms with Crippen molar-refractivity contribution in [3.63, 3.8) is 0 Å². The van der Waals surface area contributed by atoms with Crippen LogP contribution < -0.4 is 9.61 Å². The highest BCUT2D eigenvalue weighted by Gasteiger charge is 2.41. The number of halogens is 1. The Morgan fingerprint density at radius 2 is 1.81 bits per heavy atom. The van der Waals surface area contributed by atoms with Crippen LogP contribution in [0.3, 0.4) is 0 Å². The molecule has 0 fully saturated rings. The second-order valence-corrected chi connectivity index (χ2v) is 9.04. The lowest BCUT2D eigenvalue weighted by Gasteiger charge is -2.29. The zero-order chi connectivity index (χ0) is 23.2.